The van der Waals surface area contributed by atoms with Crippen molar-refractivity contribution in [3.63, 3.8) is 0 Å². The lowest BCUT2D eigenvalue weighted by Gasteiger charge is -2.38. The van der Waals surface area contributed by atoms with Crippen molar-refractivity contribution in [3.05, 3.63) is 59.2 Å². The maximum absolute atomic E-state index is 13.0. The number of benzene rings is 2. The van der Waals surface area contributed by atoms with Crippen LogP contribution in [0.5, 0.6) is 5.75 Å². The van der Waals surface area contributed by atoms with Gasteiger partial charge in [0.15, 0.2) is 0 Å². The number of carbonyl (C=O) groups is 3. The summed E-state index contributed by atoms with van der Waals surface area (Å²) in [6.07, 6.45) is 4.11. The third-order valence-corrected chi connectivity index (χ3v) is 8.90. The highest BCUT2D eigenvalue weighted by Gasteiger charge is 2.39. The molecule has 2 unspecified atom stereocenters. The third kappa shape index (κ3) is 5.58. The Bertz CT molecular complexity index is 1270. The zero-order chi connectivity index (χ0) is 27.6. The summed E-state index contributed by atoms with van der Waals surface area (Å²) in [5.41, 5.74) is 4.21. The van der Waals surface area contributed by atoms with Crippen LogP contribution < -0.4 is 15.0 Å². The first-order chi connectivity index (χ1) is 19.5. The topological polar surface area (TPSA) is 85.4 Å². The molecule has 9 nitrogen and oxygen atoms in total. The maximum Gasteiger partial charge on any atom is 0.255 e. The number of ether oxygens (including phenoxy) is 1. The highest BCUT2D eigenvalue weighted by Crippen LogP contribution is 2.31. The highest BCUT2D eigenvalue weighted by atomic mass is 16.5. The predicted molar refractivity (Wildman–Crippen MR) is 152 cm³/mol. The molecule has 4 aliphatic heterocycles. The van der Waals surface area contributed by atoms with E-state index in [-0.39, 0.29) is 24.1 Å². The Hall–Kier alpha value is -3.43. The maximum atomic E-state index is 13.0. The second kappa shape index (κ2) is 11.6. The van der Waals surface area contributed by atoms with Gasteiger partial charge in [-0.25, -0.2) is 0 Å². The van der Waals surface area contributed by atoms with Crippen LogP contribution in [-0.2, 0) is 22.7 Å². The third-order valence-electron chi connectivity index (χ3n) is 8.90. The molecule has 0 spiro atoms. The van der Waals surface area contributed by atoms with E-state index in [4.69, 9.17) is 4.74 Å². The largest absolute Gasteiger partial charge is 0.492 e. The van der Waals surface area contributed by atoms with Gasteiger partial charge in [0, 0.05) is 63.0 Å². The van der Waals surface area contributed by atoms with Crippen LogP contribution in [-0.4, -0.2) is 90.9 Å². The summed E-state index contributed by atoms with van der Waals surface area (Å²) < 4.78 is 6.34. The van der Waals surface area contributed by atoms with Crippen molar-refractivity contribution in [2.75, 3.05) is 51.3 Å². The van der Waals surface area contributed by atoms with Gasteiger partial charge in [0.25, 0.3) is 5.91 Å². The molecule has 6 rings (SSSR count). The van der Waals surface area contributed by atoms with E-state index in [2.05, 4.69) is 51.3 Å². The van der Waals surface area contributed by atoms with Gasteiger partial charge in [-0.2, -0.15) is 0 Å². The van der Waals surface area contributed by atoms with Crippen molar-refractivity contribution in [3.8, 4) is 5.75 Å². The average molecular weight is 546 g/mol. The first-order valence-corrected chi connectivity index (χ1v) is 14.6. The molecule has 3 saturated heterocycles. The molecule has 3 fully saturated rings. The zero-order valence-electron chi connectivity index (χ0n) is 23.3. The quantitative estimate of drug-likeness (QED) is 0.536. The molecule has 0 aliphatic carbocycles. The molecule has 0 radical (unpaired) electrons. The number of piperidine rings is 2. The van der Waals surface area contributed by atoms with Crippen molar-refractivity contribution >= 4 is 23.4 Å². The zero-order valence-corrected chi connectivity index (χ0v) is 23.3. The van der Waals surface area contributed by atoms with E-state index in [0.717, 1.165) is 57.0 Å². The van der Waals surface area contributed by atoms with Gasteiger partial charge in [0.2, 0.25) is 11.8 Å². The number of hydrogen-bond acceptors (Lipinski definition) is 7. The van der Waals surface area contributed by atoms with Crippen molar-refractivity contribution in [2.24, 2.45) is 0 Å². The number of likely N-dealkylation sites (N-methyl/N-ethyl adjacent to an activating group) is 1. The standard InChI is InChI=1S/C31H39N5O4/c1-33-14-16-34(17-15-33)27-8-3-2-6-22(27)19-35-13-5-4-7-24(35)21-40-25-9-10-26-23(18-25)20-36(31(26)39)28-11-12-29(37)32-30(28)38/h2-3,6,8-10,18,24,28H,4-5,7,11-17,19-21H2,1H3,(H,32,37,38). The van der Waals surface area contributed by atoms with E-state index in [9.17, 15) is 14.4 Å². The number of imide groups is 1. The van der Waals surface area contributed by atoms with Gasteiger partial charge in [0.05, 0.1) is 0 Å². The fraction of sp³-hybridized carbons (Fsp3) is 0.516. The average Bonchev–Trinajstić information content (AvgIpc) is 3.28. The minimum atomic E-state index is -0.605. The summed E-state index contributed by atoms with van der Waals surface area (Å²) in [4.78, 5) is 46.0. The van der Waals surface area contributed by atoms with E-state index >= 15 is 0 Å². The van der Waals surface area contributed by atoms with E-state index < -0.39 is 6.04 Å². The monoisotopic (exact) mass is 545 g/mol. The normalized spacial score (nSPS) is 24.3. The molecule has 2 aromatic rings. The van der Waals surface area contributed by atoms with Gasteiger partial charge in [-0.15, -0.1) is 0 Å². The molecule has 0 saturated carbocycles. The number of nitrogens with zero attached hydrogens (tertiary/aromatic N) is 4. The number of hydrogen-bond donors (Lipinski definition) is 1. The second-order valence-electron chi connectivity index (χ2n) is 11.6. The van der Waals surface area contributed by atoms with Crippen LogP contribution in [0.25, 0.3) is 0 Å². The Morgan fingerprint density at radius 2 is 1.77 bits per heavy atom. The van der Waals surface area contributed by atoms with Crippen molar-refractivity contribution < 1.29 is 19.1 Å². The smallest absolute Gasteiger partial charge is 0.255 e. The Balaban J connectivity index is 1.10. The summed E-state index contributed by atoms with van der Waals surface area (Å²) in [6, 6.07) is 14.2. The summed E-state index contributed by atoms with van der Waals surface area (Å²) in [5, 5.41) is 2.36. The van der Waals surface area contributed by atoms with Crippen molar-refractivity contribution in [2.45, 2.75) is 57.3 Å². The lowest BCUT2D eigenvalue weighted by atomic mass is 10.0. The van der Waals surface area contributed by atoms with Crippen LogP contribution in [0, 0.1) is 0 Å². The minimum absolute atomic E-state index is 0.159. The minimum Gasteiger partial charge on any atom is -0.492 e. The van der Waals surface area contributed by atoms with Crippen LogP contribution in [0.1, 0.15) is 53.6 Å². The fourth-order valence-corrected chi connectivity index (χ4v) is 6.51. The molecular weight excluding hydrogens is 506 g/mol. The van der Waals surface area contributed by atoms with Crippen LogP contribution in [0.4, 0.5) is 5.69 Å². The number of amides is 3. The van der Waals surface area contributed by atoms with Gasteiger partial charge in [-0.05, 0) is 68.2 Å². The van der Waals surface area contributed by atoms with Crippen LogP contribution >= 0.6 is 0 Å². The molecule has 0 bridgehead atoms. The Kier molecular flexibility index (Phi) is 7.76. The van der Waals surface area contributed by atoms with Gasteiger partial charge < -0.3 is 19.4 Å². The molecule has 4 aliphatic rings. The molecular formula is C31H39N5O4. The van der Waals surface area contributed by atoms with Gasteiger partial charge in [-0.3, -0.25) is 24.6 Å². The molecule has 0 aromatic heterocycles. The first-order valence-electron chi connectivity index (χ1n) is 14.6. The second-order valence-corrected chi connectivity index (χ2v) is 11.6. The molecule has 4 heterocycles. The number of carbonyl (C=O) groups excluding carboxylic acids is 3. The summed E-state index contributed by atoms with van der Waals surface area (Å²) >= 11 is 0. The summed E-state index contributed by atoms with van der Waals surface area (Å²) in [5.74, 6) is -0.0744. The number of anilines is 1. The molecule has 3 amide bonds. The number of fused-ring (bicyclic) bond motifs is 1. The lowest BCUT2D eigenvalue weighted by Crippen LogP contribution is -2.52. The summed E-state index contributed by atoms with van der Waals surface area (Å²) in [6.45, 7) is 7.22. The number of nitrogens with one attached hydrogen (secondary N) is 1. The van der Waals surface area contributed by atoms with E-state index in [1.54, 1.807) is 4.90 Å². The Morgan fingerprint density at radius 1 is 0.950 bits per heavy atom. The molecule has 9 heteroatoms. The molecule has 212 valence electrons. The number of likely N-dealkylation sites (tertiary alicyclic amines) is 1. The van der Waals surface area contributed by atoms with Gasteiger partial charge in [0.1, 0.15) is 18.4 Å². The predicted octanol–water partition coefficient (Wildman–Crippen LogP) is 2.63. The molecule has 2 atom stereocenters. The fourth-order valence-electron chi connectivity index (χ4n) is 6.51. The molecule has 1 N–H and O–H groups in total. The van der Waals surface area contributed by atoms with Crippen LogP contribution in [0.2, 0.25) is 0 Å². The van der Waals surface area contributed by atoms with Crippen molar-refractivity contribution in [1.82, 2.24) is 20.0 Å². The summed E-state index contributed by atoms with van der Waals surface area (Å²) in [7, 11) is 2.19. The Labute approximate surface area is 236 Å². The van der Waals surface area contributed by atoms with E-state index in [1.807, 2.05) is 18.2 Å². The Morgan fingerprint density at radius 3 is 2.60 bits per heavy atom. The molecule has 2 aromatic carbocycles. The van der Waals surface area contributed by atoms with Crippen molar-refractivity contribution in [1.29, 1.82) is 0 Å². The number of rotatable bonds is 7. The first kappa shape index (κ1) is 26.8. The number of piperazine rings is 1. The molecule has 40 heavy (non-hydrogen) atoms. The van der Waals surface area contributed by atoms with E-state index in [1.165, 1.54) is 24.1 Å². The lowest BCUT2D eigenvalue weighted by molar-refractivity contribution is -0.136. The SMILES string of the molecule is CN1CCN(c2ccccc2CN2CCCCC2COc2ccc3c(c2)CN(C2CCC(=O)NC2=O)C3=O)CC1. The van der Waals surface area contributed by atoms with Gasteiger partial charge >= 0.3 is 0 Å². The highest BCUT2D eigenvalue weighted by molar-refractivity contribution is 6.05. The number of para-hydroxylation sites is 1. The van der Waals surface area contributed by atoms with E-state index in [0.29, 0.717) is 31.2 Å². The van der Waals surface area contributed by atoms with Crippen LogP contribution in [0.15, 0.2) is 42.5 Å². The van der Waals surface area contributed by atoms with Crippen LogP contribution in [0.3, 0.4) is 0 Å². The van der Waals surface area contributed by atoms with Gasteiger partial charge in [-0.1, -0.05) is 24.6 Å².